The molecule has 2 rings (SSSR count). The molecule has 1 aliphatic rings. The summed E-state index contributed by atoms with van der Waals surface area (Å²) in [7, 11) is 1.75. The summed E-state index contributed by atoms with van der Waals surface area (Å²) in [5.41, 5.74) is 1.10. The Bertz CT molecular complexity index is 522. The van der Waals surface area contributed by atoms with E-state index in [1.165, 1.54) is 50.7 Å². The molecule has 1 aliphatic carbocycles. The molecule has 1 saturated carbocycles. The number of hydrogen-bond donors (Lipinski definition) is 2. The van der Waals surface area contributed by atoms with E-state index in [0.29, 0.717) is 6.54 Å². The van der Waals surface area contributed by atoms with E-state index in [0.717, 1.165) is 24.0 Å². The van der Waals surface area contributed by atoms with Gasteiger partial charge in [-0.3, -0.25) is 15.1 Å². The number of nitrogens with zero attached hydrogens (tertiary/aromatic N) is 2. The van der Waals surface area contributed by atoms with Gasteiger partial charge in [-0.05, 0) is 24.3 Å². The number of aliphatic imine (C=N–C) groups is 1. The minimum Gasteiger partial charge on any atom is -0.356 e. The summed E-state index contributed by atoms with van der Waals surface area (Å²) in [6.45, 7) is 1.52. The first-order valence-corrected chi connectivity index (χ1v) is 8.37. The summed E-state index contributed by atoms with van der Waals surface area (Å²) in [4.78, 5) is 14.4. The average molecular weight is 318 g/mol. The second-order valence-corrected chi connectivity index (χ2v) is 6.07. The fourth-order valence-corrected chi connectivity index (χ4v) is 3.04. The van der Waals surface area contributed by atoms with Crippen molar-refractivity contribution in [1.82, 2.24) is 10.6 Å². The fourth-order valence-electron chi connectivity index (χ4n) is 3.04. The zero-order valence-electron chi connectivity index (χ0n) is 13.8. The van der Waals surface area contributed by atoms with Gasteiger partial charge in [-0.2, -0.15) is 0 Å². The van der Waals surface area contributed by atoms with E-state index in [1.54, 1.807) is 19.2 Å². The molecular weight excluding hydrogens is 292 g/mol. The molecule has 23 heavy (non-hydrogen) atoms. The molecular formula is C17H26N4O2. The number of nitrogens with one attached hydrogen (secondary N) is 2. The van der Waals surface area contributed by atoms with Crippen molar-refractivity contribution in [3.8, 4) is 0 Å². The third-order valence-corrected chi connectivity index (χ3v) is 4.39. The summed E-state index contributed by atoms with van der Waals surface area (Å²) in [6, 6.07) is 6.57. The number of guanidine groups is 1. The smallest absolute Gasteiger partial charge is 0.269 e. The number of nitro groups is 1. The van der Waals surface area contributed by atoms with Gasteiger partial charge in [0.15, 0.2) is 5.96 Å². The summed E-state index contributed by atoms with van der Waals surface area (Å²) in [5.74, 6) is 1.70. The zero-order valence-corrected chi connectivity index (χ0v) is 13.8. The molecule has 1 aromatic carbocycles. The quantitative estimate of drug-likeness (QED) is 0.266. The van der Waals surface area contributed by atoms with Crippen LogP contribution < -0.4 is 10.6 Å². The van der Waals surface area contributed by atoms with Crippen LogP contribution in [-0.2, 0) is 6.54 Å². The Morgan fingerprint density at radius 1 is 1.26 bits per heavy atom. The monoisotopic (exact) mass is 318 g/mol. The van der Waals surface area contributed by atoms with Gasteiger partial charge < -0.3 is 10.6 Å². The van der Waals surface area contributed by atoms with Gasteiger partial charge in [-0.15, -0.1) is 0 Å². The lowest BCUT2D eigenvalue weighted by Gasteiger charge is -2.13. The first kappa shape index (κ1) is 17.2. The number of rotatable bonds is 7. The Labute approximate surface area is 137 Å². The van der Waals surface area contributed by atoms with Crippen molar-refractivity contribution in [3.63, 3.8) is 0 Å². The maximum Gasteiger partial charge on any atom is 0.269 e. The van der Waals surface area contributed by atoms with Gasteiger partial charge in [-0.25, -0.2) is 0 Å². The molecule has 0 bridgehead atoms. The van der Waals surface area contributed by atoms with Gasteiger partial charge in [0.2, 0.25) is 0 Å². The largest absolute Gasteiger partial charge is 0.356 e. The first-order valence-electron chi connectivity index (χ1n) is 8.37. The molecule has 1 aromatic rings. The summed E-state index contributed by atoms with van der Waals surface area (Å²) >= 11 is 0. The van der Waals surface area contributed by atoms with E-state index >= 15 is 0 Å². The van der Waals surface area contributed by atoms with Crippen LogP contribution in [0, 0.1) is 16.0 Å². The Morgan fingerprint density at radius 3 is 2.57 bits per heavy atom. The Morgan fingerprint density at radius 2 is 1.96 bits per heavy atom. The minimum atomic E-state index is -0.387. The molecule has 126 valence electrons. The van der Waals surface area contributed by atoms with Crippen molar-refractivity contribution >= 4 is 11.6 Å². The standard InChI is InChI=1S/C17H26N4O2/c1-18-17(19-12-4-7-14-5-2-3-6-14)20-13-15-8-10-16(11-9-15)21(22)23/h8-11,14H,2-7,12-13H2,1H3,(H2,18,19,20). The van der Waals surface area contributed by atoms with Gasteiger partial charge >= 0.3 is 0 Å². The average Bonchev–Trinajstić information content (AvgIpc) is 3.08. The molecule has 0 amide bonds. The molecule has 0 aromatic heterocycles. The maximum atomic E-state index is 10.6. The highest BCUT2D eigenvalue weighted by atomic mass is 16.6. The zero-order chi connectivity index (χ0) is 16.5. The van der Waals surface area contributed by atoms with Crippen LogP contribution in [0.2, 0.25) is 0 Å². The van der Waals surface area contributed by atoms with Crippen molar-refractivity contribution in [2.75, 3.05) is 13.6 Å². The van der Waals surface area contributed by atoms with E-state index < -0.39 is 0 Å². The summed E-state index contributed by atoms with van der Waals surface area (Å²) in [6.07, 6.45) is 8.06. The number of nitro benzene ring substituents is 1. The van der Waals surface area contributed by atoms with Crippen molar-refractivity contribution in [3.05, 3.63) is 39.9 Å². The van der Waals surface area contributed by atoms with Gasteiger partial charge in [-0.1, -0.05) is 37.8 Å². The molecule has 6 heteroatoms. The molecule has 6 nitrogen and oxygen atoms in total. The molecule has 0 spiro atoms. The van der Waals surface area contributed by atoms with Crippen LogP contribution in [0.3, 0.4) is 0 Å². The normalized spacial score (nSPS) is 15.6. The van der Waals surface area contributed by atoms with Gasteiger partial charge in [0.25, 0.3) is 5.69 Å². The van der Waals surface area contributed by atoms with Crippen LogP contribution >= 0.6 is 0 Å². The molecule has 2 N–H and O–H groups in total. The van der Waals surface area contributed by atoms with E-state index in [1.807, 2.05) is 0 Å². The maximum absolute atomic E-state index is 10.6. The highest BCUT2D eigenvalue weighted by Crippen LogP contribution is 2.28. The lowest BCUT2D eigenvalue weighted by molar-refractivity contribution is -0.384. The predicted octanol–water partition coefficient (Wildman–Crippen LogP) is 3.23. The molecule has 0 heterocycles. The number of benzene rings is 1. The molecule has 0 saturated heterocycles. The van der Waals surface area contributed by atoms with Crippen LogP contribution in [0.25, 0.3) is 0 Å². The van der Waals surface area contributed by atoms with E-state index in [4.69, 9.17) is 0 Å². The van der Waals surface area contributed by atoms with Crippen LogP contribution in [0.15, 0.2) is 29.3 Å². The first-order chi connectivity index (χ1) is 11.2. The highest BCUT2D eigenvalue weighted by Gasteiger charge is 2.14. The SMILES string of the molecule is CN=C(NCCCC1CCCC1)NCc1ccc([N+](=O)[O-])cc1. The lowest BCUT2D eigenvalue weighted by atomic mass is 10.0. The summed E-state index contributed by atoms with van der Waals surface area (Å²) < 4.78 is 0. The predicted molar refractivity (Wildman–Crippen MR) is 92.5 cm³/mol. The van der Waals surface area contributed by atoms with Crippen LogP contribution in [-0.4, -0.2) is 24.5 Å². The number of hydrogen-bond acceptors (Lipinski definition) is 3. The van der Waals surface area contributed by atoms with Crippen LogP contribution in [0.1, 0.15) is 44.1 Å². The highest BCUT2D eigenvalue weighted by molar-refractivity contribution is 5.79. The molecule has 0 atom stereocenters. The van der Waals surface area contributed by atoms with Crippen molar-refractivity contribution in [2.24, 2.45) is 10.9 Å². The number of non-ortho nitro benzene ring substituents is 1. The van der Waals surface area contributed by atoms with Gasteiger partial charge in [0.05, 0.1) is 4.92 Å². The van der Waals surface area contributed by atoms with Crippen molar-refractivity contribution < 1.29 is 4.92 Å². The van der Waals surface area contributed by atoms with Crippen molar-refractivity contribution in [2.45, 2.75) is 45.1 Å². The van der Waals surface area contributed by atoms with Crippen molar-refractivity contribution in [1.29, 1.82) is 0 Å². The van der Waals surface area contributed by atoms with E-state index in [9.17, 15) is 10.1 Å². The van der Waals surface area contributed by atoms with Crippen LogP contribution in [0.4, 0.5) is 5.69 Å². The van der Waals surface area contributed by atoms with Crippen LogP contribution in [0.5, 0.6) is 0 Å². The third kappa shape index (κ3) is 5.88. The minimum absolute atomic E-state index is 0.114. The molecule has 1 fully saturated rings. The molecule has 0 radical (unpaired) electrons. The topological polar surface area (TPSA) is 79.6 Å². The molecule has 0 aliphatic heterocycles. The lowest BCUT2D eigenvalue weighted by Crippen LogP contribution is -2.37. The second-order valence-electron chi connectivity index (χ2n) is 6.07. The Kier molecular flexibility index (Phi) is 6.84. The Hall–Kier alpha value is -2.11. The summed E-state index contributed by atoms with van der Waals surface area (Å²) in [5, 5.41) is 17.2. The Balaban J connectivity index is 1.66. The van der Waals surface area contributed by atoms with Gasteiger partial charge in [0.1, 0.15) is 0 Å². The van der Waals surface area contributed by atoms with Gasteiger partial charge in [0, 0.05) is 32.3 Å². The third-order valence-electron chi connectivity index (χ3n) is 4.39. The molecule has 0 unspecified atom stereocenters. The van der Waals surface area contributed by atoms with E-state index in [-0.39, 0.29) is 10.6 Å². The van der Waals surface area contributed by atoms with E-state index in [2.05, 4.69) is 15.6 Å². The second kappa shape index (κ2) is 9.12. The fraction of sp³-hybridized carbons (Fsp3) is 0.588.